The Bertz CT molecular complexity index is 601. The van der Waals surface area contributed by atoms with Gasteiger partial charge >= 0.3 is 19.8 Å². The van der Waals surface area contributed by atoms with Crippen molar-refractivity contribution < 1.29 is 33.4 Å². The van der Waals surface area contributed by atoms with Crippen LogP contribution >= 0.6 is 7.75 Å². The Labute approximate surface area is 205 Å². The molecule has 34 heavy (non-hydrogen) atoms. The number of carbonyl (C=O) groups excluding carboxylic acids is 2. The highest BCUT2D eigenvalue weighted by atomic mass is 31.2. The zero-order chi connectivity index (χ0) is 26.2. The van der Waals surface area contributed by atoms with E-state index in [4.69, 9.17) is 9.47 Å². The summed E-state index contributed by atoms with van der Waals surface area (Å²) in [4.78, 5) is 43.1. The summed E-state index contributed by atoms with van der Waals surface area (Å²) >= 11 is 0. The number of amides is 1. The number of esters is 1. The second-order valence-corrected chi connectivity index (χ2v) is 11.2. The molecule has 1 heterocycles. The van der Waals surface area contributed by atoms with Crippen LogP contribution in [0.3, 0.4) is 0 Å². The molecule has 1 amide bonds. The lowest BCUT2D eigenvalue weighted by Gasteiger charge is -2.28. The lowest BCUT2D eigenvalue weighted by molar-refractivity contribution is -0.149. The molecule has 10 nitrogen and oxygen atoms in total. The number of nitrogens with zero attached hydrogens (tertiary/aromatic N) is 1. The molecule has 0 bridgehead atoms. The van der Waals surface area contributed by atoms with Crippen molar-refractivity contribution >= 4 is 19.8 Å². The van der Waals surface area contributed by atoms with Gasteiger partial charge in [0.25, 0.3) is 0 Å². The Hall–Kier alpha value is -1.19. The van der Waals surface area contributed by atoms with E-state index in [1.165, 1.54) is 39.3 Å². The van der Waals surface area contributed by atoms with Crippen LogP contribution in [-0.4, -0.2) is 70.9 Å². The van der Waals surface area contributed by atoms with Gasteiger partial charge in [0, 0.05) is 13.1 Å². The van der Waals surface area contributed by atoms with E-state index in [9.17, 15) is 23.9 Å². The van der Waals surface area contributed by atoms with Gasteiger partial charge in [-0.05, 0) is 72.4 Å². The minimum Gasteiger partial charge on any atom is -0.464 e. The van der Waals surface area contributed by atoms with Crippen LogP contribution in [0, 0.1) is 5.92 Å². The minimum atomic E-state index is -4.72. The van der Waals surface area contributed by atoms with Crippen molar-refractivity contribution in [3.8, 4) is 0 Å². The first kappa shape index (κ1) is 32.8. The van der Waals surface area contributed by atoms with Crippen molar-refractivity contribution in [3.05, 3.63) is 0 Å². The lowest BCUT2D eigenvalue weighted by Crippen LogP contribution is -2.43. The van der Waals surface area contributed by atoms with Crippen molar-refractivity contribution in [1.29, 1.82) is 0 Å². The normalized spacial score (nSPS) is 15.4. The van der Waals surface area contributed by atoms with E-state index in [1.54, 1.807) is 20.8 Å². The van der Waals surface area contributed by atoms with Crippen LogP contribution in [0.2, 0.25) is 0 Å². The second-order valence-electron chi connectivity index (χ2n) is 9.67. The molecular weight excluding hydrogens is 461 g/mol. The maximum Gasteiger partial charge on any atom is 0.407 e. The molecule has 1 fully saturated rings. The Morgan fingerprint density at radius 1 is 1.09 bits per heavy atom. The minimum absolute atomic E-state index is 0.0913. The van der Waals surface area contributed by atoms with Crippen LogP contribution in [-0.2, 0) is 18.8 Å². The third-order valence-electron chi connectivity index (χ3n) is 5.19. The molecule has 1 aliphatic rings. The highest BCUT2D eigenvalue weighted by molar-refractivity contribution is 7.49. The number of hydrogen-bond donors (Lipinski definition) is 4. The van der Waals surface area contributed by atoms with Gasteiger partial charge in [0.05, 0.1) is 6.61 Å². The van der Waals surface area contributed by atoms with Gasteiger partial charge in [-0.2, -0.15) is 4.67 Å². The SMILES string of the molecule is C1CCNCC1.CCCC(CCC)COC(=O)[C@H](C)N(CCNC(=O)OC(C)(C)C)P(=O)(O)O. The molecule has 4 N–H and O–H groups in total. The van der Waals surface area contributed by atoms with Crippen LogP contribution < -0.4 is 10.6 Å². The summed E-state index contributed by atoms with van der Waals surface area (Å²) in [7, 11) is -4.72. The van der Waals surface area contributed by atoms with E-state index in [0.29, 0.717) is 0 Å². The van der Waals surface area contributed by atoms with E-state index in [-0.39, 0.29) is 25.6 Å². The van der Waals surface area contributed by atoms with Crippen LogP contribution in [0.5, 0.6) is 0 Å². The molecule has 202 valence electrons. The number of alkyl carbamates (subject to hydrolysis) is 1. The van der Waals surface area contributed by atoms with E-state index in [2.05, 4.69) is 24.5 Å². The molecule has 0 aliphatic carbocycles. The highest BCUT2D eigenvalue weighted by Crippen LogP contribution is 2.41. The topological polar surface area (TPSA) is 137 Å². The van der Waals surface area contributed by atoms with Gasteiger partial charge in [-0.1, -0.05) is 33.1 Å². The van der Waals surface area contributed by atoms with Gasteiger partial charge < -0.3 is 29.9 Å². The van der Waals surface area contributed by atoms with E-state index in [0.717, 1.165) is 30.4 Å². The van der Waals surface area contributed by atoms with Crippen LogP contribution in [0.4, 0.5) is 4.79 Å². The lowest BCUT2D eigenvalue weighted by atomic mass is 9.99. The zero-order valence-corrected chi connectivity index (χ0v) is 22.9. The third-order valence-corrected chi connectivity index (χ3v) is 6.41. The summed E-state index contributed by atoms with van der Waals surface area (Å²) in [5, 5.41) is 5.71. The molecule has 0 aromatic rings. The first-order chi connectivity index (χ1) is 15.8. The van der Waals surface area contributed by atoms with Gasteiger partial charge in [0.15, 0.2) is 0 Å². The average molecular weight is 510 g/mol. The smallest absolute Gasteiger partial charge is 0.407 e. The van der Waals surface area contributed by atoms with Crippen molar-refractivity contribution in [2.45, 2.75) is 98.1 Å². The number of ether oxygens (including phenoxy) is 2. The molecule has 0 radical (unpaired) electrons. The second kappa shape index (κ2) is 17.3. The molecular formula is C23H48N3O7P. The molecule has 1 saturated heterocycles. The van der Waals surface area contributed by atoms with Crippen LogP contribution in [0.1, 0.15) is 86.5 Å². The molecule has 0 spiro atoms. The van der Waals surface area contributed by atoms with E-state index in [1.807, 2.05) is 0 Å². The molecule has 1 atom stereocenters. The number of hydrogen-bond acceptors (Lipinski definition) is 6. The van der Waals surface area contributed by atoms with Gasteiger partial charge in [-0.15, -0.1) is 0 Å². The summed E-state index contributed by atoms with van der Waals surface area (Å²) in [6.07, 6.45) is 7.32. The largest absolute Gasteiger partial charge is 0.464 e. The number of carbonyl (C=O) groups is 2. The van der Waals surface area contributed by atoms with Crippen LogP contribution in [0.15, 0.2) is 0 Å². The summed E-state index contributed by atoms with van der Waals surface area (Å²) < 4.78 is 22.9. The quantitative estimate of drug-likeness (QED) is 0.228. The Morgan fingerprint density at radius 2 is 1.65 bits per heavy atom. The molecule has 1 aliphatic heterocycles. The molecule has 1 rings (SSSR count). The van der Waals surface area contributed by atoms with Gasteiger partial charge in [0.1, 0.15) is 11.6 Å². The maximum absolute atomic E-state index is 12.3. The number of rotatable bonds is 12. The fraction of sp³-hybridized carbons (Fsp3) is 0.913. The summed E-state index contributed by atoms with van der Waals surface area (Å²) in [6, 6.07) is -1.15. The Morgan fingerprint density at radius 3 is 2.03 bits per heavy atom. The standard InChI is InChI=1S/C18H37N2O7P.C5H11N/c1-7-9-15(10-8-2)13-26-16(21)14(3)20(28(23,24)25)12-11-19-17(22)27-18(4,5)6;1-2-4-6-5-3-1/h14-15H,7-13H2,1-6H3,(H,19,22)(H2,23,24,25);6H,1-5H2/t14-;/m0./s1. The van der Waals surface area contributed by atoms with Crippen LogP contribution in [0.25, 0.3) is 0 Å². The maximum atomic E-state index is 12.3. The predicted octanol–water partition coefficient (Wildman–Crippen LogP) is 3.81. The fourth-order valence-corrected chi connectivity index (χ4v) is 4.41. The van der Waals surface area contributed by atoms with Crippen molar-refractivity contribution in [1.82, 2.24) is 15.3 Å². The molecule has 0 aromatic heterocycles. The molecule has 11 heteroatoms. The first-order valence-corrected chi connectivity index (χ1v) is 14.0. The summed E-state index contributed by atoms with van der Waals surface area (Å²) in [5.41, 5.74) is -0.683. The predicted molar refractivity (Wildman–Crippen MR) is 133 cm³/mol. The monoisotopic (exact) mass is 509 g/mol. The first-order valence-electron chi connectivity index (χ1n) is 12.5. The van der Waals surface area contributed by atoms with Crippen molar-refractivity contribution in [2.24, 2.45) is 5.92 Å². The Balaban J connectivity index is 0.00000156. The summed E-state index contributed by atoms with van der Waals surface area (Å²) in [6.45, 7) is 13.0. The fourth-order valence-electron chi connectivity index (χ4n) is 3.51. The van der Waals surface area contributed by atoms with Gasteiger partial charge in [-0.3, -0.25) is 4.79 Å². The highest BCUT2D eigenvalue weighted by Gasteiger charge is 2.35. The van der Waals surface area contributed by atoms with Gasteiger partial charge in [0.2, 0.25) is 0 Å². The Kier molecular flexibility index (Phi) is 16.7. The van der Waals surface area contributed by atoms with Gasteiger partial charge in [-0.25, -0.2) is 9.36 Å². The third kappa shape index (κ3) is 16.4. The zero-order valence-electron chi connectivity index (χ0n) is 22.0. The molecule has 0 aromatic carbocycles. The van der Waals surface area contributed by atoms with Crippen molar-refractivity contribution in [3.63, 3.8) is 0 Å². The number of piperidine rings is 1. The van der Waals surface area contributed by atoms with E-state index < -0.39 is 31.5 Å². The molecule has 0 saturated carbocycles. The molecule has 0 unspecified atom stereocenters. The number of nitrogens with one attached hydrogen (secondary N) is 2. The van der Waals surface area contributed by atoms with E-state index >= 15 is 0 Å². The average Bonchev–Trinajstić information content (AvgIpc) is 2.74. The van der Waals surface area contributed by atoms with Crippen molar-refractivity contribution in [2.75, 3.05) is 32.8 Å². The summed E-state index contributed by atoms with van der Waals surface area (Å²) in [5.74, 6) is -0.457.